The number of pyridine rings is 1. The molecule has 4 rings (SSSR count). The molecule has 3 heterocycles. The van der Waals surface area contributed by atoms with E-state index in [4.69, 9.17) is 5.73 Å². The van der Waals surface area contributed by atoms with Gasteiger partial charge in [-0.1, -0.05) is 11.3 Å². The maximum Gasteiger partial charge on any atom is 0.277 e. The minimum Gasteiger partial charge on any atom is -0.389 e. The number of halogens is 2. The third-order valence-electron chi connectivity index (χ3n) is 4.77. The number of piperidine rings is 1. The summed E-state index contributed by atoms with van der Waals surface area (Å²) in [5, 5.41) is 3.08. The fourth-order valence-corrected chi connectivity index (χ4v) is 4.19. The van der Waals surface area contributed by atoms with Gasteiger partial charge in [0.2, 0.25) is 0 Å². The second-order valence-electron chi connectivity index (χ2n) is 6.75. The van der Waals surface area contributed by atoms with Crippen molar-refractivity contribution >= 4 is 33.6 Å². The molecule has 0 saturated carbocycles. The first-order valence-corrected chi connectivity index (χ1v) is 10.1. The van der Waals surface area contributed by atoms with Gasteiger partial charge in [-0.3, -0.25) is 9.78 Å². The highest BCUT2D eigenvalue weighted by Crippen LogP contribution is 2.33. The van der Waals surface area contributed by atoms with Crippen molar-refractivity contribution in [2.24, 2.45) is 0 Å². The fourth-order valence-electron chi connectivity index (χ4n) is 3.35. The van der Waals surface area contributed by atoms with Gasteiger partial charge in [0.15, 0.2) is 5.69 Å². The minimum atomic E-state index is -0.633. The molecule has 1 aromatic carbocycles. The first-order chi connectivity index (χ1) is 14.0. The quantitative estimate of drug-likeness (QED) is 0.663. The predicted octanol–water partition coefficient (Wildman–Crippen LogP) is 4.31. The molecule has 0 bridgehead atoms. The Balaban J connectivity index is 1.60. The van der Waals surface area contributed by atoms with E-state index in [9.17, 15) is 13.6 Å². The van der Waals surface area contributed by atoms with Crippen LogP contribution >= 0.6 is 11.3 Å². The van der Waals surface area contributed by atoms with Gasteiger partial charge in [0.05, 0.1) is 17.6 Å². The number of nitrogens with zero attached hydrogens (tertiary/aromatic N) is 3. The topological polar surface area (TPSA) is 84.1 Å². The molecule has 1 saturated heterocycles. The first-order valence-electron chi connectivity index (χ1n) is 9.25. The van der Waals surface area contributed by atoms with E-state index in [1.165, 1.54) is 6.42 Å². The Morgan fingerprint density at radius 3 is 2.76 bits per heavy atom. The van der Waals surface area contributed by atoms with Gasteiger partial charge < -0.3 is 16.0 Å². The SMILES string of the molecule is Nc1sc(-c2cc(F)ccc2F)nc1C(=O)Nc1cnccc1N1CCCCC1. The summed E-state index contributed by atoms with van der Waals surface area (Å²) in [6.45, 7) is 1.82. The van der Waals surface area contributed by atoms with Crippen molar-refractivity contribution in [1.29, 1.82) is 0 Å². The van der Waals surface area contributed by atoms with E-state index in [-0.39, 0.29) is 21.3 Å². The van der Waals surface area contributed by atoms with Gasteiger partial charge in [0.1, 0.15) is 21.6 Å². The number of rotatable bonds is 4. The number of aromatic nitrogens is 2. The Bertz CT molecular complexity index is 1050. The largest absolute Gasteiger partial charge is 0.389 e. The molecule has 9 heteroatoms. The van der Waals surface area contributed by atoms with Crippen molar-refractivity contribution in [2.75, 3.05) is 29.0 Å². The molecule has 29 heavy (non-hydrogen) atoms. The maximum atomic E-state index is 14.0. The zero-order valence-electron chi connectivity index (χ0n) is 15.5. The zero-order valence-corrected chi connectivity index (χ0v) is 16.3. The molecule has 0 spiro atoms. The second kappa shape index (κ2) is 8.12. The van der Waals surface area contributed by atoms with Crippen LogP contribution in [-0.2, 0) is 0 Å². The molecule has 1 aliphatic rings. The van der Waals surface area contributed by atoms with E-state index in [1.807, 2.05) is 6.07 Å². The predicted molar refractivity (Wildman–Crippen MR) is 110 cm³/mol. The van der Waals surface area contributed by atoms with Gasteiger partial charge in [-0.05, 0) is 43.5 Å². The maximum absolute atomic E-state index is 14.0. The Hall–Kier alpha value is -3.07. The lowest BCUT2D eigenvalue weighted by atomic mass is 10.1. The molecule has 0 unspecified atom stereocenters. The molecule has 1 fully saturated rings. The summed E-state index contributed by atoms with van der Waals surface area (Å²) < 4.78 is 27.5. The summed E-state index contributed by atoms with van der Waals surface area (Å²) in [4.78, 5) is 23.3. The summed E-state index contributed by atoms with van der Waals surface area (Å²) >= 11 is 0.935. The van der Waals surface area contributed by atoms with Gasteiger partial charge in [-0.25, -0.2) is 13.8 Å². The molecule has 1 amide bonds. The van der Waals surface area contributed by atoms with E-state index >= 15 is 0 Å². The van der Waals surface area contributed by atoms with Crippen LogP contribution in [0, 0.1) is 11.6 Å². The lowest BCUT2D eigenvalue weighted by Crippen LogP contribution is -2.30. The number of nitrogen functional groups attached to an aromatic ring is 1. The number of thiazole rings is 1. The van der Waals surface area contributed by atoms with Crippen molar-refractivity contribution < 1.29 is 13.6 Å². The molecule has 3 aromatic rings. The Morgan fingerprint density at radius 1 is 1.17 bits per heavy atom. The average Bonchev–Trinajstić information content (AvgIpc) is 3.12. The third-order valence-corrected chi connectivity index (χ3v) is 5.69. The number of nitrogens with one attached hydrogen (secondary N) is 1. The van der Waals surface area contributed by atoms with Crippen LogP contribution in [-0.4, -0.2) is 29.0 Å². The highest BCUT2D eigenvalue weighted by Gasteiger charge is 2.22. The smallest absolute Gasteiger partial charge is 0.277 e. The van der Waals surface area contributed by atoms with Crippen molar-refractivity contribution in [1.82, 2.24) is 9.97 Å². The van der Waals surface area contributed by atoms with Gasteiger partial charge >= 0.3 is 0 Å². The summed E-state index contributed by atoms with van der Waals surface area (Å²) in [5.41, 5.74) is 7.35. The van der Waals surface area contributed by atoms with Gasteiger partial charge in [-0.15, -0.1) is 0 Å². The van der Waals surface area contributed by atoms with Crippen molar-refractivity contribution in [3.8, 4) is 10.6 Å². The Morgan fingerprint density at radius 2 is 1.97 bits per heavy atom. The fraction of sp³-hybridized carbons (Fsp3) is 0.250. The number of hydrogen-bond donors (Lipinski definition) is 2. The zero-order chi connectivity index (χ0) is 20.4. The number of anilines is 3. The van der Waals surface area contributed by atoms with E-state index in [2.05, 4.69) is 20.2 Å². The van der Waals surface area contributed by atoms with Crippen LogP contribution in [0.25, 0.3) is 10.6 Å². The molecule has 0 radical (unpaired) electrons. The summed E-state index contributed by atoms with van der Waals surface area (Å²) in [7, 11) is 0. The van der Waals surface area contributed by atoms with E-state index < -0.39 is 17.5 Å². The average molecular weight is 415 g/mol. The second-order valence-corrected chi connectivity index (χ2v) is 7.78. The number of amides is 1. The molecular formula is C20H19F2N5OS. The van der Waals surface area contributed by atoms with Crippen molar-refractivity contribution in [2.45, 2.75) is 19.3 Å². The molecule has 1 aliphatic heterocycles. The van der Waals surface area contributed by atoms with Crippen LogP contribution in [0.5, 0.6) is 0 Å². The molecule has 150 valence electrons. The third kappa shape index (κ3) is 4.04. The van der Waals surface area contributed by atoms with E-state index in [0.717, 1.165) is 61.2 Å². The number of benzene rings is 1. The van der Waals surface area contributed by atoms with Crippen LogP contribution in [0.1, 0.15) is 29.8 Å². The number of nitrogens with two attached hydrogens (primary N) is 1. The van der Waals surface area contributed by atoms with Crippen molar-refractivity contribution in [3.05, 3.63) is 54.0 Å². The number of carbonyl (C=O) groups is 1. The summed E-state index contributed by atoms with van der Waals surface area (Å²) in [6.07, 6.45) is 6.64. The normalized spacial score (nSPS) is 14.1. The molecule has 6 nitrogen and oxygen atoms in total. The monoisotopic (exact) mass is 415 g/mol. The minimum absolute atomic E-state index is 0.0258. The highest BCUT2D eigenvalue weighted by atomic mass is 32.1. The van der Waals surface area contributed by atoms with Crippen LogP contribution in [0.15, 0.2) is 36.7 Å². The van der Waals surface area contributed by atoms with E-state index in [0.29, 0.717) is 5.69 Å². The lowest BCUT2D eigenvalue weighted by Gasteiger charge is -2.30. The molecule has 0 aliphatic carbocycles. The van der Waals surface area contributed by atoms with Gasteiger partial charge in [0.25, 0.3) is 5.91 Å². The molecule has 2 aromatic heterocycles. The van der Waals surface area contributed by atoms with Gasteiger partial charge in [0, 0.05) is 24.8 Å². The van der Waals surface area contributed by atoms with Gasteiger partial charge in [-0.2, -0.15) is 0 Å². The Kier molecular flexibility index (Phi) is 5.39. The highest BCUT2D eigenvalue weighted by molar-refractivity contribution is 7.19. The molecule has 3 N–H and O–H groups in total. The Labute approximate surface area is 170 Å². The van der Waals surface area contributed by atoms with Crippen LogP contribution in [0.3, 0.4) is 0 Å². The molecular weight excluding hydrogens is 396 g/mol. The molecule has 0 atom stereocenters. The van der Waals surface area contributed by atoms with E-state index in [1.54, 1.807) is 12.4 Å². The summed E-state index contributed by atoms with van der Waals surface area (Å²) in [5.74, 6) is -1.75. The lowest BCUT2D eigenvalue weighted by molar-refractivity contribution is 0.102. The summed E-state index contributed by atoms with van der Waals surface area (Å²) in [6, 6.07) is 4.93. The van der Waals surface area contributed by atoms with Crippen LogP contribution < -0.4 is 16.0 Å². The standard InChI is InChI=1S/C20H19F2N5OS/c21-12-4-5-14(22)13(10-12)20-26-17(18(23)29-20)19(28)25-15-11-24-7-6-16(15)27-8-2-1-3-9-27/h4-7,10-11H,1-3,8-9,23H2,(H,25,28). The van der Waals surface area contributed by atoms with Crippen LogP contribution in [0.4, 0.5) is 25.2 Å². The van der Waals surface area contributed by atoms with Crippen LogP contribution in [0.2, 0.25) is 0 Å². The number of hydrogen-bond acceptors (Lipinski definition) is 6. The van der Waals surface area contributed by atoms with Crippen molar-refractivity contribution in [3.63, 3.8) is 0 Å². The number of carbonyl (C=O) groups excluding carboxylic acids is 1. The first kappa shape index (κ1) is 19.3.